The highest BCUT2D eigenvalue weighted by Crippen LogP contribution is 2.37. The van der Waals surface area contributed by atoms with Crippen LogP contribution >= 0.6 is 23.1 Å². The van der Waals surface area contributed by atoms with Gasteiger partial charge in [0.1, 0.15) is 28.2 Å². The van der Waals surface area contributed by atoms with Gasteiger partial charge < -0.3 is 14.0 Å². The first-order valence-electron chi connectivity index (χ1n) is 10.6. The number of thioether (sulfide) groups is 1. The first-order chi connectivity index (χ1) is 16.0. The zero-order valence-electron chi connectivity index (χ0n) is 18.7. The number of nitrogens with zero attached hydrogens (tertiary/aromatic N) is 3. The van der Waals surface area contributed by atoms with Gasteiger partial charge in [-0.15, -0.1) is 0 Å². The van der Waals surface area contributed by atoms with Gasteiger partial charge in [0, 0.05) is 12.3 Å². The van der Waals surface area contributed by atoms with Gasteiger partial charge in [0.15, 0.2) is 0 Å². The van der Waals surface area contributed by atoms with E-state index in [2.05, 4.69) is 20.9 Å². The van der Waals surface area contributed by atoms with Crippen LogP contribution in [0.4, 0.5) is 9.80 Å². The number of ether oxygens (including phenoxy) is 2. The summed E-state index contributed by atoms with van der Waals surface area (Å²) in [4.78, 5) is 21.8. The van der Waals surface area contributed by atoms with Crippen molar-refractivity contribution in [3.63, 3.8) is 0 Å². The summed E-state index contributed by atoms with van der Waals surface area (Å²) >= 11 is 3.30. The predicted molar refractivity (Wildman–Crippen MR) is 133 cm³/mol. The number of aromatic nitrogens is 3. The van der Waals surface area contributed by atoms with Crippen LogP contribution in [0.1, 0.15) is 22.6 Å². The summed E-state index contributed by atoms with van der Waals surface area (Å²) in [6.07, 6.45) is -0.509. The SMILES string of the molecule is COc1cc(C)ccc1-c1nc(C)c(NC(=O)OCc2ccc3c(c2)nc2n3CCSC2)s1. The third kappa shape index (κ3) is 4.43. The minimum Gasteiger partial charge on any atom is -0.496 e. The van der Waals surface area contributed by atoms with Crippen LogP contribution in [-0.2, 0) is 23.6 Å². The van der Waals surface area contributed by atoms with E-state index in [1.807, 2.05) is 55.9 Å². The molecule has 4 aromatic rings. The van der Waals surface area contributed by atoms with Crippen molar-refractivity contribution in [1.82, 2.24) is 14.5 Å². The second-order valence-corrected chi connectivity index (χ2v) is 10.00. The van der Waals surface area contributed by atoms with Crippen molar-refractivity contribution < 1.29 is 14.3 Å². The number of hydrogen-bond donors (Lipinski definition) is 1. The van der Waals surface area contributed by atoms with E-state index in [-0.39, 0.29) is 6.61 Å². The highest BCUT2D eigenvalue weighted by molar-refractivity contribution is 7.98. The Bertz CT molecular complexity index is 1350. The van der Waals surface area contributed by atoms with Gasteiger partial charge in [-0.1, -0.05) is 23.5 Å². The third-order valence-electron chi connectivity index (χ3n) is 5.55. The molecule has 0 spiro atoms. The topological polar surface area (TPSA) is 78.3 Å². The second kappa shape index (κ2) is 9.07. The Kier molecular flexibility index (Phi) is 5.99. The summed E-state index contributed by atoms with van der Waals surface area (Å²) in [6.45, 7) is 5.04. The normalized spacial score (nSPS) is 13.1. The third-order valence-corrected chi connectivity index (χ3v) is 7.59. The minimum absolute atomic E-state index is 0.176. The van der Waals surface area contributed by atoms with Crippen molar-refractivity contribution >= 4 is 45.2 Å². The molecule has 5 rings (SSSR count). The Balaban J connectivity index is 1.26. The van der Waals surface area contributed by atoms with Gasteiger partial charge in [-0.2, -0.15) is 11.8 Å². The number of rotatable bonds is 5. The van der Waals surface area contributed by atoms with Crippen LogP contribution < -0.4 is 10.1 Å². The first kappa shape index (κ1) is 21.8. The van der Waals surface area contributed by atoms with E-state index in [9.17, 15) is 4.79 Å². The van der Waals surface area contributed by atoms with Gasteiger partial charge in [0.25, 0.3) is 0 Å². The lowest BCUT2D eigenvalue weighted by molar-refractivity contribution is 0.155. The zero-order chi connectivity index (χ0) is 22.9. The van der Waals surface area contributed by atoms with Crippen molar-refractivity contribution in [3.8, 4) is 16.3 Å². The molecular formula is C24H24N4O3S2. The minimum atomic E-state index is -0.509. The van der Waals surface area contributed by atoms with Gasteiger partial charge in [-0.25, -0.2) is 14.8 Å². The maximum Gasteiger partial charge on any atom is 0.412 e. The summed E-state index contributed by atoms with van der Waals surface area (Å²) in [5.74, 6) is 3.92. The van der Waals surface area contributed by atoms with Crippen LogP contribution in [0.15, 0.2) is 36.4 Å². The van der Waals surface area contributed by atoms with E-state index in [1.165, 1.54) is 11.3 Å². The molecule has 2 aromatic heterocycles. The maximum absolute atomic E-state index is 12.5. The van der Waals surface area contributed by atoms with Crippen molar-refractivity contribution in [2.45, 2.75) is 32.8 Å². The summed E-state index contributed by atoms with van der Waals surface area (Å²) in [5, 5.41) is 4.27. The number of fused-ring (bicyclic) bond motifs is 3. The fourth-order valence-electron chi connectivity index (χ4n) is 3.87. The predicted octanol–water partition coefficient (Wildman–Crippen LogP) is 5.78. The van der Waals surface area contributed by atoms with Crippen LogP contribution in [0.3, 0.4) is 0 Å². The molecule has 7 nitrogen and oxygen atoms in total. The molecule has 1 N–H and O–H groups in total. The first-order valence-corrected chi connectivity index (χ1v) is 12.6. The van der Waals surface area contributed by atoms with E-state index in [0.29, 0.717) is 5.00 Å². The van der Waals surface area contributed by atoms with Gasteiger partial charge in [0.05, 0.1) is 35.2 Å². The highest BCUT2D eigenvalue weighted by atomic mass is 32.2. The molecule has 1 aliphatic heterocycles. The van der Waals surface area contributed by atoms with Crippen molar-refractivity contribution in [2.24, 2.45) is 0 Å². The molecule has 3 heterocycles. The van der Waals surface area contributed by atoms with Gasteiger partial charge in [0.2, 0.25) is 0 Å². The average Bonchev–Trinajstić information content (AvgIpc) is 3.37. The van der Waals surface area contributed by atoms with Crippen LogP contribution in [-0.4, -0.2) is 33.5 Å². The standard InChI is InChI=1S/C24H24N4O3S2/c1-14-4-6-17(20(10-14)30-3)23-25-15(2)22(33-23)27-24(29)31-12-16-5-7-19-18(11-16)26-21-13-32-9-8-28(19)21/h4-7,10-11H,8-9,12-13H2,1-3H3,(H,27,29). The Hall–Kier alpha value is -3.04. The Morgan fingerprint density at radius 3 is 2.91 bits per heavy atom. The molecule has 0 radical (unpaired) electrons. The fraction of sp³-hybridized carbons (Fsp3) is 0.292. The molecule has 0 atom stereocenters. The van der Waals surface area contributed by atoms with Crippen LogP contribution in [0, 0.1) is 13.8 Å². The molecule has 0 saturated heterocycles. The molecule has 2 aromatic carbocycles. The van der Waals surface area contributed by atoms with Gasteiger partial charge in [-0.05, 0) is 49.2 Å². The lowest BCUT2D eigenvalue weighted by atomic mass is 10.1. The quantitative estimate of drug-likeness (QED) is 0.390. The monoisotopic (exact) mass is 480 g/mol. The van der Waals surface area contributed by atoms with E-state index in [1.54, 1.807) is 7.11 Å². The molecule has 1 amide bonds. The number of benzene rings is 2. The second-order valence-electron chi connectivity index (χ2n) is 7.89. The molecule has 33 heavy (non-hydrogen) atoms. The number of methoxy groups -OCH3 is 1. The summed E-state index contributed by atoms with van der Waals surface area (Å²) in [5.41, 5.74) is 5.73. The number of hydrogen-bond acceptors (Lipinski definition) is 7. The number of carbonyl (C=O) groups excluding carboxylic acids is 1. The molecular weight excluding hydrogens is 456 g/mol. The summed E-state index contributed by atoms with van der Waals surface area (Å²) < 4.78 is 13.3. The van der Waals surface area contributed by atoms with E-state index >= 15 is 0 Å². The molecule has 0 bridgehead atoms. The number of nitrogens with one attached hydrogen (secondary N) is 1. The van der Waals surface area contributed by atoms with Crippen molar-refractivity contribution in [1.29, 1.82) is 0 Å². The number of imidazole rings is 1. The van der Waals surface area contributed by atoms with Crippen LogP contribution in [0.5, 0.6) is 5.75 Å². The Labute approximate surface area is 200 Å². The largest absolute Gasteiger partial charge is 0.496 e. The number of thiazole rings is 1. The van der Waals surface area contributed by atoms with Gasteiger partial charge >= 0.3 is 6.09 Å². The zero-order valence-corrected chi connectivity index (χ0v) is 20.3. The molecule has 0 saturated carbocycles. The number of carbonyl (C=O) groups is 1. The van der Waals surface area contributed by atoms with Crippen molar-refractivity contribution in [2.75, 3.05) is 18.2 Å². The number of aryl methyl sites for hydroxylation is 3. The van der Waals surface area contributed by atoms with Crippen LogP contribution in [0.2, 0.25) is 0 Å². The molecule has 1 aliphatic rings. The smallest absolute Gasteiger partial charge is 0.412 e. The van der Waals surface area contributed by atoms with E-state index in [0.717, 1.165) is 68.0 Å². The molecule has 170 valence electrons. The maximum atomic E-state index is 12.5. The molecule has 0 aliphatic carbocycles. The van der Waals surface area contributed by atoms with Crippen molar-refractivity contribution in [3.05, 3.63) is 59.0 Å². The molecule has 0 unspecified atom stereocenters. The van der Waals surface area contributed by atoms with Crippen LogP contribution in [0.25, 0.3) is 21.6 Å². The van der Waals surface area contributed by atoms with Gasteiger partial charge in [-0.3, -0.25) is 5.32 Å². The summed E-state index contributed by atoms with van der Waals surface area (Å²) in [7, 11) is 1.64. The van der Waals surface area contributed by atoms with E-state index in [4.69, 9.17) is 14.5 Å². The number of amides is 1. The summed E-state index contributed by atoms with van der Waals surface area (Å²) in [6, 6.07) is 12.0. The number of anilines is 1. The Morgan fingerprint density at radius 1 is 1.18 bits per heavy atom. The average molecular weight is 481 g/mol. The molecule has 0 fully saturated rings. The highest BCUT2D eigenvalue weighted by Gasteiger charge is 2.17. The molecule has 9 heteroatoms. The fourth-order valence-corrected chi connectivity index (χ4v) is 5.72. The lowest BCUT2D eigenvalue weighted by Crippen LogP contribution is -2.13. The van der Waals surface area contributed by atoms with E-state index < -0.39 is 6.09 Å². The lowest BCUT2D eigenvalue weighted by Gasteiger charge is -2.13. The Morgan fingerprint density at radius 2 is 2.06 bits per heavy atom.